The Morgan fingerprint density at radius 2 is 1.93 bits per heavy atom. The minimum atomic E-state index is 0.888. The number of benzene rings is 1. The molecule has 1 rings (SSSR count). The molecule has 0 saturated carbocycles. The molecule has 1 aromatic rings. The van der Waals surface area contributed by atoms with Crippen LogP contribution in [0.5, 0.6) is 11.5 Å². The third-order valence-corrected chi connectivity index (χ3v) is 2.41. The summed E-state index contributed by atoms with van der Waals surface area (Å²) in [6.45, 7) is 2.97. The number of aryl methyl sites for hydroxylation is 1. The molecule has 0 fully saturated rings. The highest BCUT2D eigenvalue weighted by Gasteiger charge is 2.08. The Hall–Kier alpha value is -1.22. The first-order chi connectivity index (χ1) is 7.22. The maximum atomic E-state index is 5.39. The highest BCUT2D eigenvalue weighted by molar-refractivity contribution is 5.46. The average Bonchev–Trinajstić information content (AvgIpc) is 2.25. The molecule has 3 nitrogen and oxygen atoms in total. The molecule has 1 N–H and O–H groups in total. The van der Waals surface area contributed by atoms with Crippen LogP contribution in [-0.4, -0.2) is 27.8 Å². The standard InChI is InChI=1S/C12H19NO2/c1-9-7-11(14-3)8-10(5-6-13-2)12(9)15-4/h7-8,13H,5-6H2,1-4H3. The lowest BCUT2D eigenvalue weighted by Gasteiger charge is -2.13. The first-order valence-electron chi connectivity index (χ1n) is 5.09. The van der Waals surface area contributed by atoms with Crippen molar-refractivity contribution in [3.05, 3.63) is 23.3 Å². The molecular weight excluding hydrogens is 190 g/mol. The van der Waals surface area contributed by atoms with Crippen LogP contribution in [0.1, 0.15) is 11.1 Å². The van der Waals surface area contributed by atoms with E-state index in [0.717, 1.165) is 30.0 Å². The summed E-state index contributed by atoms with van der Waals surface area (Å²) in [5.41, 5.74) is 2.30. The fourth-order valence-corrected chi connectivity index (χ4v) is 1.67. The van der Waals surface area contributed by atoms with E-state index < -0.39 is 0 Å². The minimum Gasteiger partial charge on any atom is -0.497 e. The third kappa shape index (κ3) is 2.86. The molecular formula is C12H19NO2. The number of hydrogen-bond donors (Lipinski definition) is 1. The van der Waals surface area contributed by atoms with E-state index in [9.17, 15) is 0 Å². The normalized spacial score (nSPS) is 10.1. The highest BCUT2D eigenvalue weighted by atomic mass is 16.5. The van der Waals surface area contributed by atoms with Crippen LogP contribution in [0.4, 0.5) is 0 Å². The molecule has 0 aliphatic carbocycles. The van der Waals surface area contributed by atoms with Gasteiger partial charge in [-0.2, -0.15) is 0 Å². The minimum absolute atomic E-state index is 0.888. The first-order valence-corrected chi connectivity index (χ1v) is 5.09. The topological polar surface area (TPSA) is 30.5 Å². The summed E-state index contributed by atoms with van der Waals surface area (Å²) in [6, 6.07) is 4.02. The van der Waals surface area contributed by atoms with Gasteiger partial charge in [0.2, 0.25) is 0 Å². The lowest BCUT2D eigenvalue weighted by atomic mass is 10.1. The van der Waals surface area contributed by atoms with E-state index in [0.29, 0.717) is 0 Å². The third-order valence-electron chi connectivity index (χ3n) is 2.41. The monoisotopic (exact) mass is 209 g/mol. The van der Waals surface area contributed by atoms with Gasteiger partial charge >= 0.3 is 0 Å². The Morgan fingerprint density at radius 3 is 2.47 bits per heavy atom. The number of methoxy groups -OCH3 is 2. The van der Waals surface area contributed by atoms with Crippen LogP contribution < -0.4 is 14.8 Å². The predicted molar refractivity (Wildman–Crippen MR) is 61.9 cm³/mol. The Kier molecular flexibility index (Phi) is 4.43. The second-order valence-electron chi connectivity index (χ2n) is 3.49. The van der Waals surface area contributed by atoms with Gasteiger partial charge in [0.05, 0.1) is 14.2 Å². The van der Waals surface area contributed by atoms with Gasteiger partial charge in [-0.3, -0.25) is 0 Å². The van der Waals surface area contributed by atoms with Gasteiger partial charge in [0.15, 0.2) is 0 Å². The van der Waals surface area contributed by atoms with Crippen LogP contribution in [0, 0.1) is 6.92 Å². The van der Waals surface area contributed by atoms with Crippen molar-refractivity contribution in [2.45, 2.75) is 13.3 Å². The van der Waals surface area contributed by atoms with Crippen molar-refractivity contribution in [3.63, 3.8) is 0 Å². The van der Waals surface area contributed by atoms with E-state index >= 15 is 0 Å². The van der Waals surface area contributed by atoms with Crippen molar-refractivity contribution in [1.82, 2.24) is 5.32 Å². The van der Waals surface area contributed by atoms with Crippen molar-refractivity contribution >= 4 is 0 Å². The van der Waals surface area contributed by atoms with E-state index in [2.05, 4.69) is 5.32 Å². The van der Waals surface area contributed by atoms with E-state index in [1.807, 2.05) is 26.1 Å². The SMILES string of the molecule is CNCCc1cc(OC)cc(C)c1OC. The van der Waals surface area contributed by atoms with Crippen LogP contribution in [0.3, 0.4) is 0 Å². The number of ether oxygens (including phenoxy) is 2. The van der Waals surface area contributed by atoms with Crippen LogP contribution in [0.2, 0.25) is 0 Å². The maximum Gasteiger partial charge on any atom is 0.125 e. The van der Waals surface area contributed by atoms with Gasteiger partial charge in [0.25, 0.3) is 0 Å². The van der Waals surface area contributed by atoms with Crippen molar-refractivity contribution in [2.75, 3.05) is 27.8 Å². The van der Waals surface area contributed by atoms with Gasteiger partial charge in [-0.05, 0) is 50.2 Å². The van der Waals surface area contributed by atoms with Gasteiger partial charge < -0.3 is 14.8 Å². The number of hydrogen-bond acceptors (Lipinski definition) is 3. The highest BCUT2D eigenvalue weighted by Crippen LogP contribution is 2.28. The number of rotatable bonds is 5. The molecule has 0 atom stereocenters. The number of nitrogens with one attached hydrogen (secondary N) is 1. The van der Waals surface area contributed by atoms with Gasteiger partial charge in [0, 0.05) is 0 Å². The zero-order chi connectivity index (χ0) is 11.3. The fourth-order valence-electron chi connectivity index (χ4n) is 1.67. The lowest BCUT2D eigenvalue weighted by molar-refractivity contribution is 0.395. The van der Waals surface area contributed by atoms with Gasteiger partial charge in [-0.15, -0.1) is 0 Å². The molecule has 0 bridgehead atoms. The largest absolute Gasteiger partial charge is 0.497 e. The molecule has 0 spiro atoms. The van der Waals surface area contributed by atoms with Gasteiger partial charge in [-0.1, -0.05) is 0 Å². The van der Waals surface area contributed by atoms with Crippen molar-refractivity contribution in [2.24, 2.45) is 0 Å². The summed E-state index contributed by atoms with van der Waals surface area (Å²) in [5, 5.41) is 3.13. The summed E-state index contributed by atoms with van der Waals surface area (Å²) < 4.78 is 10.6. The quantitative estimate of drug-likeness (QED) is 0.801. The summed E-state index contributed by atoms with van der Waals surface area (Å²) in [4.78, 5) is 0. The second kappa shape index (κ2) is 5.61. The molecule has 0 aliphatic heterocycles. The molecule has 1 aromatic carbocycles. The lowest BCUT2D eigenvalue weighted by Crippen LogP contribution is -2.11. The summed E-state index contributed by atoms with van der Waals surface area (Å²) in [6.07, 6.45) is 0.942. The Bertz CT molecular complexity index is 324. The predicted octanol–water partition coefficient (Wildman–Crippen LogP) is 1.77. The van der Waals surface area contributed by atoms with E-state index in [-0.39, 0.29) is 0 Å². The van der Waals surface area contributed by atoms with Gasteiger partial charge in [0.1, 0.15) is 11.5 Å². The Balaban J connectivity index is 3.02. The second-order valence-corrected chi connectivity index (χ2v) is 3.49. The number of likely N-dealkylation sites (N-methyl/N-ethyl adjacent to an activating group) is 1. The first kappa shape index (κ1) is 11.9. The molecule has 0 aliphatic rings. The van der Waals surface area contributed by atoms with Crippen LogP contribution in [0.15, 0.2) is 12.1 Å². The van der Waals surface area contributed by atoms with Crippen molar-refractivity contribution < 1.29 is 9.47 Å². The molecule has 0 unspecified atom stereocenters. The summed E-state index contributed by atoms with van der Waals surface area (Å²) >= 11 is 0. The smallest absolute Gasteiger partial charge is 0.125 e. The summed E-state index contributed by atoms with van der Waals surface area (Å²) in [7, 11) is 5.33. The van der Waals surface area contributed by atoms with Gasteiger partial charge in [-0.25, -0.2) is 0 Å². The zero-order valence-corrected chi connectivity index (χ0v) is 9.89. The zero-order valence-electron chi connectivity index (χ0n) is 9.89. The molecule has 15 heavy (non-hydrogen) atoms. The molecule has 84 valence electrons. The Morgan fingerprint density at radius 1 is 1.20 bits per heavy atom. The average molecular weight is 209 g/mol. The Labute approximate surface area is 91.4 Å². The van der Waals surface area contributed by atoms with Crippen LogP contribution in [-0.2, 0) is 6.42 Å². The van der Waals surface area contributed by atoms with E-state index in [1.165, 1.54) is 5.56 Å². The van der Waals surface area contributed by atoms with Crippen molar-refractivity contribution in [3.8, 4) is 11.5 Å². The summed E-state index contributed by atoms with van der Waals surface area (Å²) in [5.74, 6) is 1.85. The maximum absolute atomic E-state index is 5.39. The molecule has 0 heterocycles. The molecule has 0 aromatic heterocycles. The van der Waals surface area contributed by atoms with Crippen LogP contribution in [0.25, 0.3) is 0 Å². The van der Waals surface area contributed by atoms with E-state index in [1.54, 1.807) is 14.2 Å². The van der Waals surface area contributed by atoms with Crippen LogP contribution >= 0.6 is 0 Å². The van der Waals surface area contributed by atoms with E-state index in [4.69, 9.17) is 9.47 Å². The molecule has 0 saturated heterocycles. The van der Waals surface area contributed by atoms with Crippen molar-refractivity contribution in [1.29, 1.82) is 0 Å². The molecule has 0 amide bonds. The fraction of sp³-hybridized carbons (Fsp3) is 0.500. The molecule has 0 radical (unpaired) electrons. The molecule has 3 heteroatoms.